The Labute approximate surface area is 172 Å². The number of nitrogens with two attached hydrogens (primary N) is 1. The fraction of sp³-hybridized carbons (Fsp3) is 0.263. The second-order valence-electron chi connectivity index (χ2n) is 6.71. The molecule has 2 atom stereocenters. The Hall–Kier alpha value is -2.22. The summed E-state index contributed by atoms with van der Waals surface area (Å²) in [5.41, 5.74) is 8.07. The fourth-order valence-corrected chi connectivity index (χ4v) is 3.35. The Kier molecular flexibility index (Phi) is 6.98. The summed E-state index contributed by atoms with van der Waals surface area (Å²) in [5.74, 6) is -1.40. The van der Waals surface area contributed by atoms with Crippen molar-refractivity contribution < 1.29 is 13.6 Å². The van der Waals surface area contributed by atoms with E-state index in [0.29, 0.717) is 22.5 Å². The summed E-state index contributed by atoms with van der Waals surface area (Å²) in [5, 5.41) is 2.90. The van der Waals surface area contributed by atoms with Crippen molar-refractivity contribution >= 4 is 47.4 Å². The van der Waals surface area contributed by atoms with Crippen LogP contribution in [0.15, 0.2) is 36.4 Å². The SMILES string of the molecule is Cl.Cl.NC1CCC(C(=O)Nc2ccc(-c3nc4cc(F)c(F)cc4[nH]3)cc2)C1. The zero-order valence-electron chi connectivity index (χ0n) is 14.7. The van der Waals surface area contributed by atoms with Gasteiger partial charge in [-0.15, -0.1) is 24.8 Å². The summed E-state index contributed by atoms with van der Waals surface area (Å²) in [6.45, 7) is 0. The van der Waals surface area contributed by atoms with Crippen LogP contribution in [0.5, 0.6) is 0 Å². The number of rotatable bonds is 3. The maximum Gasteiger partial charge on any atom is 0.227 e. The highest BCUT2D eigenvalue weighted by Gasteiger charge is 2.27. The van der Waals surface area contributed by atoms with Crippen LogP contribution in [-0.2, 0) is 4.79 Å². The predicted octanol–water partition coefficient (Wildman–Crippen LogP) is 4.42. The largest absolute Gasteiger partial charge is 0.338 e. The summed E-state index contributed by atoms with van der Waals surface area (Å²) in [4.78, 5) is 19.5. The van der Waals surface area contributed by atoms with Gasteiger partial charge in [-0.05, 0) is 43.5 Å². The zero-order valence-corrected chi connectivity index (χ0v) is 16.4. The molecule has 1 aliphatic carbocycles. The van der Waals surface area contributed by atoms with E-state index in [1.54, 1.807) is 24.3 Å². The average molecular weight is 429 g/mol. The maximum atomic E-state index is 13.3. The van der Waals surface area contributed by atoms with E-state index in [9.17, 15) is 13.6 Å². The Morgan fingerprint density at radius 1 is 1.11 bits per heavy atom. The number of benzene rings is 2. The predicted molar refractivity (Wildman–Crippen MR) is 110 cm³/mol. The number of halogens is 4. The number of H-pyrrole nitrogens is 1. The number of hydrogen-bond acceptors (Lipinski definition) is 3. The molecule has 0 aliphatic heterocycles. The Morgan fingerprint density at radius 3 is 2.43 bits per heavy atom. The number of nitrogens with one attached hydrogen (secondary N) is 2. The van der Waals surface area contributed by atoms with Gasteiger partial charge >= 0.3 is 0 Å². The first-order chi connectivity index (χ1) is 12.5. The lowest BCUT2D eigenvalue weighted by Crippen LogP contribution is -2.23. The quantitative estimate of drug-likeness (QED) is 0.577. The summed E-state index contributed by atoms with van der Waals surface area (Å²) >= 11 is 0. The monoisotopic (exact) mass is 428 g/mol. The van der Waals surface area contributed by atoms with Gasteiger partial charge in [0.15, 0.2) is 11.6 Å². The Bertz CT molecular complexity index is 939. The molecule has 0 bridgehead atoms. The second kappa shape index (κ2) is 8.86. The van der Waals surface area contributed by atoms with E-state index >= 15 is 0 Å². The van der Waals surface area contributed by atoms with Gasteiger partial charge in [-0.2, -0.15) is 0 Å². The van der Waals surface area contributed by atoms with Crippen molar-refractivity contribution in [2.24, 2.45) is 11.7 Å². The molecule has 3 aromatic rings. The van der Waals surface area contributed by atoms with Gasteiger partial charge in [0.2, 0.25) is 5.91 Å². The molecule has 1 amide bonds. The lowest BCUT2D eigenvalue weighted by atomic mass is 10.1. The smallest absolute Gasteiger partial charge is 0.227 e. The van der Waals surface area contributed by atoms with Gasteiger partial charge in [-0.3, -0.25) is 4.79 Å². The van der Waals surface area contributed by atoms with E-state index in [-0.39, 0.29) is 42.7 Å². The Morgan fingerprint density at radius 2 is 1.79 bits per heavy atom. The molecule has 4 rings (SSSR count). The highest BCUT2D eigenvalue weighted by Crippen LogP contribution is 2.27. The highest BCUT2D eigenvalue weighted by molar-refractivity contribution is 5.93. The lowest BCUT2D eigenvalue weighted by molar-refractivity contribution is -0.119. The van der Waals surface area contributed by atoms with E-state index < -0.39 is 11.6 Å². The number of fused-ring (bicyclic) bond motifs is 1. The van der Waals surface area contributed by atoms with Gasteiger partial charge in [-0.1, -0.05) is 0 Å². The van der Waals surface area contributed by atoms with E-state index in [4.69, 9.17) is 5.73 Å². The molecule has 150 valence electrons. The molecule has 1 fully saturated rings. The molecule has 0 saturated heterocycles. The molecular formula is C19H20Cl2F2N4O. The number of carbonyl (C=O) groups excluding carboxylic acids is 1. The molecular weight excluding hydrogens is 409 g/mol. The van der Waals surface area contributed by atoms with Crippen molar-refractivity contribution in [2.75, 3.05) is 5.32 Å². The molecule has 2 unspecified atom stereocenters. The minimum atomic E-state index is -0.930. The lowest BCUT2D eigenvalue weighted by Gasteiger charge is -2.11. The first-order valence-corrected chi connectivity index (χ1v) is 8.51. The first kappa shape index (κ1) is 22.1. The highest BCUT2D eigenvalue weighted by atomic mass is 35.5. The summed E-state index contributed by atoms with van der Waals surface area (Å²) < 4.78 is 26.6. The molecule has 4 N–H and O–H groups in total. The number of amides is 1. The molecule has 28 heavy (non-hydrogen) atoms. The van der Waals surface area contributed by atoms with Crippen molar-refractivity contribution in [1.29, 1.82) is 0 Å². The van der Waals surface area contributed by atoms with E-state index in [2.05, 4.69) is 15.3 Å². The average Bonchev–Trinajstić information content (AvgIpc) is 3.22. The number of imidazole rings is 1. The third-order valence-corrected chi connectivity index (χ3v) is 4.79. The summed E-state index contributed by atoms with van der Waals surface area (Å²) in [7, 11) is 0. The number of aromatic nitrogens is 2. The van der Waals surface area contributed by atoms with Crippen LogP contribution in [0.1, 0.15) is 19.3 Å². The molecule has 1 heterocycles. The number of carbonyl (C=O) groups is 1. The molecule has 1 aromatic heterocycles. The minimum Gasteiger partial charge on any atom is -0.338 e. The standard InChI is InChI=1S/C19H18F2N4O.2ClH/c20-14-8-16-17(9-15(14)21)25-18(24-16)10-2-5-13(6-3-10)23-19(26)11-1-4-12(22)7-11;;/h2-3,5-6,8-9,11-12H,1,4,7,22H2,(H,23,26)(H,24,25);2*1H. The molecule has 1 aliphatic rings. The van der Waals surface area contributed by atoms with Gasteiger partial charge in [-0.25, -0.2) is 13.8 Å². The number of anilines is 1. The summed E-state index contributed by atoms with van der Waals surface area (Å²) in [6, 6.07) is 9.39. The van der Waals surface area contributed by atoms with Crippen molar-refractivity contribution in [3.63, 3.8) is 0 Å². The fourth-order valence-electron chi connectivity index (χ4n) is 3.35. The first-order valence-electron chi connectivity index (χ1n) is 8.51. The van der Waals surface area contributed by atoms with Gasteiger partial charge in [0.1, 0.15) is 5.82 Å². The van der Waals surface area contributed by atoms with Gasteiger partial charge in [0, 0.05) is 35.3 Å². The third kappa shape index (κ3) is 4.43. The number of hydrogen-bond donors (Lipinski definition) is 3. The molecule has 9 heteroatoms. The topological polar surface area (TPSA) is 83.8 Å². The van der Waals surface area contributed by atoms with Crippen LogP contribution in [0.4, 0.5) is 14.5 Å². The molecule has 1 saturated carbocycles. The van der Waals surface area contributed by atoms with Crippen molar-refractivity contribution in [1.82, 2.24) is 9.97 Å². The van der Waals surface area contributed by atoms with E-state index in [0.717, 1.165) is 37.0 Å². The molecule has 2 aromatic carbocycles. The van der Waals surface area contributed by atoms with Crippen LogP contribution in [0.25, 0.3) is 22.4 Å². The van der Waals surface area contributed by atoms with Gasteiger partial charge < -0.3 is 16.0 Å². The Balaban J connectivity index is 0.00000140. The van der Waals surface area contributed by atoms with Crippen molar-refractivity contribution in [2.45, 2.75) is 25.3 Å². The second-order valence-corrected chi connectivity index (χ2v) is 6.71. The molecule has 0 spiro atoms. The number of nitrogens with zero attached hydrogens (tertiary/aromatic N) is 1. The van der Waals surface area contributed by atoms with Gasteiger partial charge in [0.25, 0.3) is 0 Å². The van der Waals surface area contributed by atoms with E-state index in [1.165, 1.54) is 0 Å². The number of aromatic amines is 1. The van der Waals surface area contributed by atoms with Crippen LogP contribution < -0.4 is 11.1 Å². The van der Waals surface area contributed by atoms with Crippen molar-refractivity contribution in [3.8, 4) is 11.4 Å². The van der Waals surface area contributed by atoms with Crippen LogP contribution >= 0.6 is 24.8 Å². The normalized spacial score (nSPS) is 18.4. The third-order valence-electron chi connectivity index (χ3n) is 4.79. The summed E-state index contributed by atoms with van der Waals surface area (Å²) in [6.07, 6.45) is 2.41. The van der Waals surface area contributed by atoms with Gasteiger partial charge in [0.05, 0.1) is 11.0 Å². The van der Waals surface area contributed by atoms with Crippen LogP contribution in [0.3, 0.4) is 0 Å². The van der Waals surface area contributed by atoms with Crippen LogP contribution in [-0.4, -0.2) is 21.9 Å². The molecule has 5 nitrogen and oxygen atoms in total. The van der Waals surface area contributed by atoms with Crippen LogP contribution in [0.2, 0.25) is 0 Å². The zero-order chi connectivity index (χ0) is 18.3. The van der Waals surface area contributed by atoms with E-state index in [1.807, 2.05) is 0 Å². The molecule has 0 radical (unpaired) electrons. The maximum absolute atomic E-state index is 13.3. The minimum absolute atomic E-state index is 0. The van der Waals surface area contributed by atoms with Crippen LogP contribution in [0, 0.1) is 17.6 Å². The van der Waals surface area contributed by atoms with Crippen molar-refractivity contribution in [3.05, 3.63) is 48.0 Å².